The molecule has 0 amide bonds. The Morgan fingerprint density at radius 3 is 2.80 bits per heavy atom. The summed E-state index contributed by atoms with van der Waals surface area (Å²) in [7, 11) is 1.37. The Kier molecular flexibility index (Phi) is 3.52. The predicted octanol–water partition coefficient (Wildman–Crippen LogP) is 1.45. The van der Waals surface area contributed by atoms with Crippen LogP contribution in [0.4, 0.5) is 0 Å². The summed E-state index contributed by atoms with van der Waals surface area (Å²) >= 11 is 0. The van der Waals surface area contributed by atoms with E-state index in [1.54, 1.807) is 12.3 Å². The molecule has 1 rings (SSSR count). The molecular weight excluding hydrogens is 194 g/mol. The van der Waals surface area contributed by atoms with Gasteiger partial charge >= 0.3 is 5.97 Å². The fourth-order valence-electron chi connectivity index (χ4n) is 1.45. The third-order valence-electron chi connectivity index (χ3n) is 2.83. The quantitative estimate of drug-likeness (QED) is 0.765. The van der Waals surface area contributed by atoms with Gasteiger partial charge in [0.25, 0.3) is 0 Å². The van der Waals surface area contributed by atoms with E-state index in [4.69, 9.17) is 10.2 Å². The number of carbonyl (C=O) groups excluding carboxylic acids is 1. The molecule has 4 heteroatoms. The number of carbonyl (C=O) groups is 1. The van der Waals surface area contributed by atoms with Gasteiger partial charge in [-0.05, 0) is 19.1 Å². The van der Waals surface area contributed by atoms with Crippen LogP contribution in [-0.2, 0) is 14.9 Å². The van der Waals surface area contributed by atoms with E-state index >= 15 is 0 Å². The number of hydrogen-bond acceptors (Lipinski definition) is 4. The van der Waals surface area contributed by atoms with Gasteiger partial charge in [-0.15, -0.1) is 0 Å². The Morgan fingerprint density at radius 2 is 2.40 bits per heavy atom. The van der Waals surface area contributed by atoms with Gasteiger partial charge in [0.05, 0.1) is 25.2 Å². The molecule has 0 aliphatic carbocycles. The van der Waals surface area contributed by atoms with Crippen LogP contribution < -0.4 is 5.73 Å². The van der Waals surface area contributed by atoms with Crippen molar-refractivity contribution in [1.29, 1.82) is 0 Å². The van der Waals surface area contributed by atoms with Crippen molar-refractivity contribution in [3.63, 3.8) is 0 Å². The minimum absolute atomic E-state index is 0.192. The van der Waals surface area contributed by atoms with Gasteiger partial charge in [0.2, 0.25) is 0 Å². The summed E-state index contributed by atoms with van der Waals surface area (Å²) in [6.07, 6.45) is 1.79. The lowest BCUT2D eigenvalue weighted by Crippen LogP contribution is -2.42. The average Bonchev–Trinajstić information content (AvgIpc) is 2.70. The van der Waals surface area contributed by atoms with Crippen LogP contribution in [-0.4, -0.2) is 19.1 Å². The molecule has 1 aromatic heterocycles. The predicted molar refractivity (Wildman–Crippen MR) is 56.3 cm³/mol. The van der Waals surface area contributed by atoms with Gasteiger partial charge in [-0.3, -0.25) is 4.79 Å². The molecule has 15 heavy (non-hydrogen) atoms. The molecule has 0 fully saturated rings. The van der Waals surface area contributed by atoms with Gasteiger partial charge in [-0.25, -0.2) is 0 Å². The van der Waals surface area contributed by atoms with Gasteiger partial charge in [-0.1, -0.05) is 6.92 Å². The molecule has 0 aliphatic rings. The Balaban J connectivity index is 2.94. The molecule has 4 nitrogen and oxygen atoms in total. The van der Waals surface area contributed by atoms with E-state index < -0.39 is 5.41 Å². The summed E-state index contributed by atoms with van der Waals surface area (Å²) in [5.74, 6) is 0.425. The van der Waals surface area contributed by atoms with Gasteiger partial charge < -0.3 is 14.9 Å². The van der Waals surface area contributed by atoms with E-state index in [9.17, 15) is 4.79 Å². The first-order valence-electron chi connectivity index (χ1n) is 4.87. The van der Waals surface area contributed by atoms with Crippen LogP contribution in [0.2, 0.25) is 0 Å². The highest BCUT2D eigenvalue weighted by Crippen LogP contribution is 2.31. The number of hydrogen-bond donors (Lipinski definition) is 1. The number of nitrogens with two attached hydrogens (primary N) is 1. The number of methoxy groups -OCH3 is 1. The third-order valence-corrected chi connectivity index (χ3v) is 2.83. The van der Waals surface area contributed by atoms with Crippen LogP contribution in [0.5, 0.6) is 0 Å². The summed E-state index contributed by atoms with van der Waals surface area (Å²) in [6.45, 7) is 3.75. The molecule has 0 saturated carbocycles. The maximum atomic E-state index is 11.3. The fraction of sp³-hybridized carbons (Fsp3) is 0.545. The summed E-state index contributed by atoms with van der Waals surface area (Å²) < 4.78 is 9.98. The van der Waals surface area contributed by atoms with Crippen molar-refractivity contribution in [2.75, 3.05) is 7.11 Å². The molecule has 0 spiro atoms. The molecule has 1 heterocycles. The van der Waals surface area contributed by atoms with Gasteiger partial charge in [-0.2, -0.15) is 0 Å². The molecular formula is C11H17NO3. The Morgan fingerprint density at radius 1 is 1.73 bits per heavy atom. The highest BCUT2D eigenvalue weighted by molar-refractivity contribution is 5.71. The maximum absolute atomic E-state index is 11.3. The van der Waals surface area contributed by atoms with E-state index in [0.717, 1.165) is 0 Å². The van der Waals surface area contributed by atoms with Crippen molar-refractivity contribution in [1.82, 2.24) is 0 Å². The minimum Gasteiger partial charge on any atom is -0.469 e. The standard InChI is InChI=1S/C11H17NO3/c1-8(12)11(2,7-10(13)14-3)9-5-4-6-15-9/h4-6,8H,7,12H2,1-3H3. The Bertz CT molecular complexity index is 319. The average molecular weight is 211 g/mol. The minimum atomic E-state index is -0.517. The largest absolute Gasteiger partial charge is 0.469 e. The van der Waals surface area contributed by atoms with Crippen molar-refractivity contribution in [2.24, 2.45) is 5.73 Å². The lowest BCUT2D eigenvalue weighted by Gasteiger charge is -2.30. The third kappa shape index (κ3) is 2.39. The van der Waals surface area contributed by atoms with Gasteiger partial charge in [0.15, 0.2) is 0 Å². The smallest absolute Gasteiger partial charge is 0.306 e. The molecule has 2 N–H and O–H groups in total. The van der Waals surface area contributed by atoms with E-state index in [-0.39, 0.29) is 18.4 Å². The molecule has 0 bridgehead atoms. The number of furan rings is 1. The first-order valence-corrected chi connectivity index (χ1v) is 4.87. The highest BCUT2D eigenvalue weighted by atomic mass is 16.5. The molecule has 0 aliphatic heterocycles. The van der Waals surface area contributed by atoms with E-state index in [1.165, 1.54) is 7.11 Å². The topological polar surface area (TPSA) is 65.5 Å². The lowest BCUT2D eigenvalue weighted by molar-refractivity contribution is -0.142. The number of ether oxygens (including phenoxy) is 1. The summed E-state index contributed by atoms with van der Waals surface area (Å²) in [5, 5.41) is 0. The van der Waals surface area contributed by atoms with Gasteiger partial charge in [0.1, 0.15) is 5.76 Å². The second kappa shape index (κ2) is 4.49. The van der Waals surface area contributed by atoms with E-state index in [1.807, 2.05) is 19.9 Å². The molecule has 2 unspecified atom stereocenters. The number of esters is 1. The Hall–Kier alpha value is -1.29. The van der Waals surface area contributed by atoms with Crippen molar-refractivity contribution < 1.29 is 13.9 Å². The first-order chi connectivity index (χ1) is 7.00. The maximum Gasteiger partial charge on any atom is 0.306 e. The molecule has 1 aromatic rings. The van der Waals surface area contributed by atoms with Crippen LogP contribution in [0.15, 0.2) is 22.8 Å². The fourth-order valence-corrected chi connectivity index (χ4v) is 1.45. The van der Waals surface area contributed by atoms with Crippen molar-refractivity contribution in [3.05, 3.63) is 24.2 Å². The molecule has 2 atom stereocenters. The SMILES string of the molecule is COC(=O)CC(C)(c1ccco1)C(C)N. The molecule has 0 radical (unpaired) electrons. The van der Waals surface area contributed by atoms with Crippen LogP contribution >= 0.6 is 0 Å². The van der Waals surface area contributed by atoms with Crippen LogP contribution in [0, 0.1) is 0 Å². The lowest BCUT2D eigenvalue weighted by atomic mass is 9.78. The van der Waals surface area contributed by atoms with E-state index in [2.05, 4.69) is 4.74 Å². The first kappa shape index (κ1) is 11.8. The van der Waals surface area contributed by atoms with Crippen molar-refractivity contribution >= 4 is 5.97 Å². The molecule has 0 saturated heterocycles. The van der Waals surface area contributed by atoms with Gasteiger partial charge in [0, 0.05) is 6.04 Å². The van der Waals surface area contributed by atoms with Crippen molar-refractivity contribution in [2.45, 2.75) is 31.7 Å². The molecule has 84 valence electrons. The van der Waals surface area contributed by atoms with E-state index in [0.29, 0.717) is 5.76 Å². The second-order valence-corrected chi connectivity index (χ2v) is 3.94. The zero-order valence-electron chi connectivity index (χ0n) is 9.32. The monoisotopic (exact) mass is 211 g/mol. The van der Waals surface area contributed by atoms with Crippen LogP contribution in [0.1, 0.15) is 26.0 Å². The number of rotatable bonds is 4. The Labute approximate surface area is 89.4 Å². The van der Waals surface area contributed by atoms with Crippen LogP contribution in [0.3, 0.4) is 0 Å². The summed E-state index contributed by atoms with van der Waals surface area (Å²) in [6, 6.07) is 3.42. The normalized spacial score (nSPS) is 16.8. The van der Waals surface area contributed by atoms with Crippen molar-refractivity contribution in [3.8, 4) is 0 Å². The summed E-state index contributed by atoms with van der Waals surface area (Å²) in [5.41, 5.74) is 5.38. The zero-order valence-corrected chi connectivity index (χ0v) is 9.32. The highest BCUT2D eigenvalue weighted by Gasteiger charge is 2.36. The second-order valence-electron chi connectivity index (χ2n) is 3.94. The zero-order chi connectivity index (χ0) is 11.5. The summed E-state index contributed by atoms with van der Waals surface area (Å²) in [4.78, 5) is 11.3. The molecule has 0 aromatic carbocycles. The van der Waals surface area contributed by atoms with Crippen LogP contribution in [0.25, 0.3) is 0 Å².